The molecule has 1 rings (SSSR count). The van der Waals surface area contributed by atoms with Crippen LogP contribution in [0.1, 0.15) is 78.2 Å². The molecule has 1 aromatic carbocycles. The molecule has 8 heteroatoms. The normalized spacial score (nSPS) is 12.5. The Balaban J connectivity index is 3.16. The Kier molecular flexibility index (Phi) is 14.4. The highest BCUT2D eigenvalue weighted by Crippen LogP contribution is 2.26. The molecular formula is C27H42N2O6. The SMILES string of the molecule is CCCCN(C(=O)C[C@H](CC(=O)OCC)c1ccccc1)[C@H](CC(C)C)C(=O)NCC(=O)OCC. The number of ether oxygens (including phenoxy) is 2. The van der Waals surface area contributed by atoms with Gasteiger partial charge < -0.3 is 19.7 Å². The third-order valence-corrected chi connectivity index (χ3v) is 5.57. The van der Waals surface area contributed by atoms with Crippen LogP contribution in [0.25, 0.3) is 0 Å². The number of rotatable bonds is 16. The second-order valence-electron chi connectivity index (χ2n) is 8.93. The number of hydrogen-bond donors (Lipinski definition) is 1. The van der Waals surface area contributed by atoms with Crippen molar-refractivity contribution in [1.29, 1.82) is 0 Å². The number of carbonyl (C=O) groups is 4. The second-order valence-corrected chi connectivity index (χ2v) is 8.93. The van der Waals surface area contributed by atoms with Crippen LogP contribution in [0, 0.1) is 5.92 Å². The second kappa shape index (κ2) is 16.7. The highest BCUT2D eigenvalue weighted by atomic mass is 16.5. The smallest absolute Gasteiger partial charge is 0.325 e. The van der Waals surface area contributed by atoms with Crippen molar-refractivity contribution < 1.29 is 28.7 Å². The predicted octanol–water partition coefficient (Wildman–Crippen LogP) is 3.84. The zero-order valence-electron chi connectivity index (χ0n) is 21.9. The molecule has 0 heterocycles. The molecule has 0 aromatic heterocycles. The summed E-state index contributed by atoms with van der Waals surface area (Å²) >= 11 is 0. The van der Waals surface area contributed by atoms with Crippen LogP contribution in [0.4, 0.5) is 0 Å². The Bertz CT molecular complexity index is 796. The first-order valence-electron chi connectivity index (χ1n) is 12.7. The average Bonchev–Trinajstić information content (AvgIpc) is 2.82. The zero-order valence-corrected chi connectivity index (χ0v) is 21.9. The van der Waals surface area contributed by atoms with Crippen molar-refractivity contribution in [2.45, 2.75) is 78.7 Å². The minimum Gasteiger partial charge on any atom is -0.466 e. The third kappa shape index (κ3) is 11.4. The summed E-state index contributed by atoms with van der Waals surface area (Å²) in [5.74, 6) is -1.68. The molecule has 0 fully saturated rings. The number of hydrogen-bond acceptors (Lipinski definition) is 6. The topological polar surface area (TPSA) is 102 Å². The Morgan fingerprint density at radius 1 is 0.914 bits per heavy atom. The third-order valence-electron chi connectivity index (χ3n) is 5.57. The minimum atomic E-state index is -0.720. The minimum absolute atomic E-state index is 0.0757. The van der Waals surface area contributed by atoms with Crippen LogP contribution >= 0.6 is 0 Å². The van der Waals surface area contributed by atoms with Gasteiger partial charge in [-0.15, -0.1) is 0 Å². The van der Waals surface area contributed by atoms with Gasteiger partial charge in [-0.3, -0.25) is 19.2 Å². The molecule has 0 spiro atoms. The summed E-state index contributed by atoms with van der Waals surface area (Å²) in [4.78, 5) is 52.4. The molecule has 0 aliphatic heterocycles. The molecule has 0 radical (unpaired) electrons. The fraction of sp³-hybridized carbons (Fsp3) is 0.630. The lowest BCUT2D eigenvalue weighted by atomic mass is 9.91. The first-order chi connectivity index (χ1) is 16.7. The molecule has 1 N–H and O–H groups in total. The van der Waals surface area contributed by atoms with Crippen LogP contribution in [0.3, 0.4) is 0 Å². The van der Waals surface area contributed by atoms with Gasteiger partial charge in [0.1, 0.15) is 12.6 Å². The lowest BCUT2D eigenvalue weighted by molar-refractivity contribution is -0.145. The van der Waals surface area contributed by atoms with Crippen LogP contribution < -0.4 is 5.32 Å². The maximum Gasteiger partial charge on any atom is 0.325 e. The van der Waals surface area contributed by atoms with E-state index in [1.165, 1.54) is 0 Å². The number of esters is 2. The van der Waals surface area contributed by atoms with Crippen molar-refractivity contribution in [3.63, 3.8) is 0 Å². The molecule has 0 unspecified atom stereocenters. The molecule has 35 heavy (non-hydrogen) atoms. The first-order valence-corrected chi connectivity index (χ1v) is 12.7. The van der Waals surface area contributed by atoms with Gasteiger partial charge in [-0.25, -0.2) is 0 Å². The van der Waals surface area contributed by atoms with Crippen molar-refractivity contribution in [2.75, 3.05) is 26.3 Å². The number of amides is 2. The summed E-state index contributed by atoms with van der Waals surface area (Å²) in [6.07, 6.45) is 2.20. The van der Waals surface area contributed by atoms with Crippen LogP contribution in [0.15, 0.2) is 30.3 Å². The number of benzene rings is 1. The van der Waals surface area contributed by atoms with Gasteiger partial charge in [-0.05, 0) is 38.2 Å². The summed E-state index contributed by atoms with van der Waals surface area (Å²) in [7, 11) is 0. The summed E-state index contributed by atoms with van der Waals surface area (Å²) in [5.41, 5.74) is 0.872. The molecule has 0 saturated carbocycles. The molecule has 196 valence electrons. The van der Waals surface area contributed by atoms with E-state index < -0.39 is 12.0 Å². The number of unbranched alkanes of at least 4 members (excludes halogenated alkanes) is 1. The Labute approximate surface area is 209 Å². The molecule has 2 atom stereocenters. The van der Waals surface area contributed by atoms with E-state index in [0.717, 1.165) is 18.4 Å². The van der Waals surface area contributed by atoms with Crippen molar-refractivity contribution in [1.82, 2.24) is 10.2 Å². The number of carbonyl (C=O) groups excluding carboxylic acids is 4. The Morgan fingerprint density at radius 2 is 1.54 bits per heavy atom. The average molecular weight is 491 g/mol. The van der Waals surface area contributed by atoms with Crippen LogP contribution in [0.5, 0.6) is 0 Å². The van der Waals surface area contributed by atoms with E-state index in [0.29, 0.717) is 13.0 Å². The van der Waals surface area contributed by atoms with E-state index in [4.69, 9.17) is 9.47 Å². The van der Waals surface area contributed by atoms with Gasteiger partial charge in [0, 0.05) is 18.9 Å². The van der Waals surface area contributed by atoms with Gasteiger partial charge in [-0.2, -0.15) is 0 Å². The maximum atomic E-state index is 13.6. The predicted molar refractivity (Wildman–Crippen MR) is 135 cm³/mol. The maximum absolute atomic E-state index is 13.6. The van der Waals surface area contributed by atoms with Gasteiger partial charge in [0.25, 0.3) is 0 Å². The number of nitrogens with one attached hydrogen (secondary N) is 1. The molecule has 8 nitrogen and oxygen atoms in total. The lowest BCUT2D eigenvalue weighted by Gasteiger charge is -2.33. The van der Waals surface area contributed by atoms with Gasteiger partial charge >= 0.3 is 11.9 Å². The van der Waals surface area contributed by atoms with Crippen molar-refractivity contribution in [3.05, 3.63) is 35.9 Å². The quantitative estimate of drug-likeness (QED) is 0.353. The highest BCUT2D eigenvalue weighted by molar-refractivity contribution is 5.90. The molecule has 0 aliphatic carbocycles. The molecule has 0 aliphatic rings. The van der Waals surface area contributed by atoms with Crippen LogP contribution in [0.2, 0.25) is 0 Å². The van der Waals surface area contributed by atoms with Gasteiger partial charge in [0.15, 0.2) is 0 Å². The van der Waals surface area contributed by atoms with Gasteiger partial charge in [0.2, 0.25) is 11.8 Å². The van der Waals surface area contributed by atoms with E-state index in [-0.39, 0.29) is 62.2 Å². The summed E-state index contributed by atoms with van der Waals surface area (Å²) in [6, 6.07) is 8.69. The van der Waals surface area contributed by atoms with Crippen LogP contribution in [-0.2, 0) is 28.7 Å². The standard InChI is InChI=1S/C27H42N2O6/c1-6-9-15-29(23(16-20(4)5)27(33)28-19-26(32)35-8-3)24(30)17-22(18-25(31)34-7-2)21-13-11-10-12-14-21/h10-14,20,22-23H,6-9,15-19H2,1-5H3,(H,28,33)/t22-,23-/m1/s1. The molecular weight excluding hydrogens is 448 g/mol. The van der Waals surface area contributed by atoms with E-state index in [9.17, 15) is 19.2 Å². The summed E-state index contributed by atoms with van der Waals surface area (Å²) in [6.45, 7) is 10.1. The highest BCUT2D eigenvalue weighted by Gasteiger charge is 2.32. The van der Waals surface area contributed by atoms with Gasteiger partial charge in [0.05, 0.1) is 19.6 Å². The van der Waals surface area contributed by atoms with E-state index in [1.54, 1.807) is 18.7 Å². The lowest BCUT2D eigenvalue weighted by Crippen LogP contribution is -2.51. The Morgan fingerprint density at radius 3 is 2.11 bits per heavy atom. The molecule has 2 amide bonds. The first kappa shape index (κ1) is 30.1. The summed E-state index contributed by atoms with van der Waals surface area (Å²) < 4.78 is 10.0. The monoisotopic (exact) mass is 490 g/mol. The van der Waals surface area contributed by atoms with Crippen LogP contribution in [-0.4, -0.2) is 61.0 Å². The summed E-state index contributed by atoms with van der Waals surface area (Å²) in [5, 5.41) is 2.64. The zero-order chi connectivity index (χ0) is 26.2. The fourth-order valence-corrected chi connectivity index (χ4v) is 3.88. The fourth-order valence-electron chi connectivity index (χ4n) is 3.88. The molecule has 1 aromatic rings. The van der Waals surface area contributed by atoms with Gasteiger partial charge in [-0.1, -0.05) is 57.5 Å². The van der Waals surface area contributed by atoms with Crippen molar-refractivity contribution in [3.8, 4) is 0 Å². The molecule has 0 bridgehead atoms. The van der Waals surface area contributed by atoms with E-state index in [2.05, 4.69) is 5.32 Å². The largest absolute Gasteiger partial charge is 0.466 e. The van der Waals surface area contributed by atoms with E-state index >= 15 is 0 Å². The molecule has 0 saturated heterocycles. The van der Waals surface area contributed by atoms with Crippen molar-refractivity contribution >= 4 is 23.8 Å². The van der Waals surface area contributed by atoms with E-state index in [1.807, 2.05) is 51.1 Å². The Hall–Kier alpha value is -2.90. The number of nitrogens with zero attached hydrogens (tertiary/aromatic N) is 1. The van der Waals surface area contributed by atoms with Crippen molar-refractivity contribution in [2.24, 2.45) is 5.92 Å².